The summed E-state index contributed by atoms with van der Waals surface area (Å²) in [5.41, 5.74) is 1.20. The van der Waals surface area contributed by atoms with Crippen LogP contribution in [0.2, 0.25) is 0 Å². The highest BCUT2D eigenvalue weighted by atomic mass is 16.5. The molecule has 0 bridgehead atoms. The SMILES string of the molecule is CC(COc1ccc(C(=O)Nc2ccc(NC(=O)Nc3cc(C(C)(C)C)on3)cc2)nc1)N1CCCC1. The third-order valence-electron chi connectivity index (χ3n) is 6.12. The van der Waals surface area contributed by atoms with Gasteiger partial charge in [0, 0.05) is 28.9 Å². The lowest BCUT2D eigenvalue weighted by Crippen LogP contribution is -2.34. The number of carbonyl (C=O) groups excluding carboxylic acids is 2. The van der Waals surface area contributed by atoms with Crippen molar-refractivity contribution in [2.24, 2.45) is 0 Å². The Morgan fingerprint density at radius 1 is 1.03 bits per heavy atom. The molecule has 4 rings (SSSR count). The highest BCUT2D eigenvalue weighted by Gasteiger charge is 2.21. The van der Waals surface area contributed by atoms with Crippen LogP contribution in [0.25, 0.3) is 0 Å². The number of nitrogens with one attached hydrogen (secondary N) is 3. The average Bonchev–Trinajstić information content (AvgIpc) is 3.57. The normalized spacial score (nSPS) is 14.7. The molecule has 3 heterocycles. The van der Waals surface area contributed by atoms with Crippen molar-refractivity contribution in [3.63, 3.8) is 0 Å². The first-order valence-electron chi connectivity index (χ1n) is 12.5. The number of benzene rings is 1. The minimum absolute atomic E-state index is 0.208. The van der Waals surface area contributed by atoms with Crippen LogP contribution in [0.15, 0.2) is 53.2 Å². The van der Waals surface area contributed by atoms with E-state index in [1.54, 1.807) is 48.7 Å². The van der Waals surface area contributed by atoms with Crippen LogP contribution < -0.4 is 20.7 Å². The number of hydrogen-bond donors (Lipinski definition) is 3. The maximum absolute atomic E-state index is 12.6. The molecular formula is C27H34N6O4. The van der Waals surface area contributed by atoms with E-state index in [1.807, 2.05) is 20.8 Å². The molecule has 1 fully saturated rings. The first kappa shape index (κ1) is 26.2. The minimum atomic E-state index is -0.452. The van der Waals surface area contributed by atoms with Crippen molar-refractivity contribution in [2.75, 3.05) is 35.6 Å². The van der Waals surface area contributed by atoms with Crippen LogP contribution in [0.3, 0.4) is 0 Å². The van der Waals surface area contributed by atoms with Gasteiger partial charge in [-0.05, 0) is 69.3 Å². The van der Waals surface area contributed by atoms with Gasteiger partial charge in [0.25, 0.3) is 5.91 Å². The quantitative estimate of drug-likeness (QED) is 0.387. The van der Waals surface area contributed by atoms with Crippen LogP contribution in [-0.2, 0) is 5.41 Å². The van der Waals surface area contributed by atoms with Crippen molar-refractivity contribution in [2.45, 2.75) is 52.0 Å². The molecule has 37 heavy (non-hydrogen) atoms. The smallest absolute Gasteiger partial charge is 0.324 e. The van der Waals surface area contributed by atoms with Gasteiger partial charge in [-0.2, -0.15) is 0 Å². The highest BCUT2D eigenvalue weighted by molar-refractivity contribution is 6.03. The molecule has 3 N–H and O–H groups in total. The van der Waals surface area contributed by atoms with Gasteiger partial charge in [-0.3, -0.25) is 15.0 Å². The molecule has 1 saturated heterocycles. The number of anilines is 3. The third-order valence-corrected chi connectivity index (χ3v) is 6.12. The predicted octanol–water partition coefficient (Wildman–Crippen LogP) is 5.13. The number of ether oxygens (including phenoxy) is 1. The Morgan fingerprint density at radius 2 is 1.70 bits per heavy atom. The molecule has 1 aliphatic rings. The summed E-state index contributed by atoms with van der Waals surface area (Å²) >= 11 is 0. The molecule has 1 aromatic carbocycles. The molecule has 3 aromatic rings. The van der Waals surface area contributed by atoms with E-state index in [0.29, 0.717) is 41.4 Å². The van der Waals surface area contributed by atoms with Crippen molar-refractivity contribution in [1.82, 2.24) is 15.0 Å². The van der Waals surface area contributed by atoms with Crippen molar-refractivity contribution < 1.29 is 18.8 Å². The molecule has 10 nitrogen and oxygen atoms in total. The van der Waals surface area contributed by atoms with Crippen LogP contribution in [0.4, 0.5) is 22.0 Å². The van der Waals surface area contributed by atoms with Gasteiger partial charge in [0.15, 0.2) is 5.82 Å². The number of rotatable bonds is 8. The second-order valence-electron chi connectivity index (χ2n) is 10.2. The lowest BCUT2D eigenvalue weighted by atomic mass is 9.93. The number of pyridine rings is 1. The maximum atomic E-state index is 12.6. The molecular weight excluding hydrogens is 472 g/mol. The van der Waals surface area contributed by atoms with Gasteiger partial charge in [-0.15, -0.1) is 0 Å². The maximum Gasteiger partial charge on any atom is 0.324 e. The Bertz CT molecular complexity index is 1190. The van der Waals surface area contributed by atoms with Crippen LogP contribution in [-0.4, -0.2) is 52.7 Å². The van der Waals surface area contributed by atoms with Crippen molar-refractivity contribution >= 4 is 29.1 Å². The molecule has 3 amide bonds. The van der Waals surface area contributed by atoms with E-state index in [2.05, 4.69) is 37.9 Å². The average molecular weight is 507 g/mol. The molecule has 10 heteroatoms. The molecule has 1 aliphatic heterocycles. The fraction of sp³-hybridized carbons (Fsp3) is 0.407. The Labute approximate surface area is 216 Å². The van der Waals surface area contributed by atoms with Gasteiger partial charge in [0.2, 0.25) is 0 Å². The van der Waals surface area contributed by atoms with E-state index < -0.39 is 6.03 Å². The van der Waals surface area contributed by atoms with Crippen LogP contribution in [0, 0.1) is 0 Å². The fourth-order valence-corrected chi connectivity index (χ4v) is 3.90. The monoisotopic (exact) mass is 506 g/mol. The molecule has 0 spiro atoms. The van der Waals surface area contributed by atoms with E-state index in [4.69, 9.17) is 9.26 Å². The molecule has 1 unspecified atom stereocenters. The lowest BCUT2D eigenvalue weighted by Gasteiger charge is -2.23. The molecule has 196 valence electrons. The minimum Gasteiger partial charge on any atom is -0.490 e. The molecule has 1 atom stereocenters. The first-order chi connectivity index (χ1) is 17.7. The molecule has 0 saturated carbocycles. The van der Waals surface area contributed by atoms with Gasteiger partial charge in [0.05, 0.1) is 6.20 Å². The van der Waals surface area contributed by atoms with E-state index in [-0.39, 0.29) is 17.0 Å². The van der Waals surface area contributed by atoms with Gasteiger partial charge in [0.1, 0.15) is 23.8 Å². The van der Waals surface area contributed by atoms with E-state index in [0.717, 1.165) is 13.1 Å². The van der Waals surface area contributed by atoms with Crippen molar-refractivity contribution in [3.8, 4) is 5.75 Å². The second kappa shape index (κ2) is 11.4. The van der Waals surface area contributed by atoms with Crippen LogP contribution in [0.1, 0.15) is 56.8 Å². The number of amides is 3. The molecule has 0 radical (unpaired) electrons. The van der Waals surface area contributed by atoms with Crippen LogP contribution in [0.5, 0.6) is 5.75 Å². The summed E-state index contributed by atoms with van der Waals surface area (Å²) in [5, 5.41) is 12.0. The summed E-state index contributed by atoms with van der Waals surface area (Å²) in [4.78, 5) is 31.5. The predicted molar refractivity (Wildman–Crippen MR) is 142 cm³/mol. The van der Waals surface area contributed by atoms with E-state index in [1.165, 1.54) is 12.8 Å². The Kier molecular flexibility index (Phi) is 8.08. The summed E-state index contributed by atoms with van der Waals surface area (Å²) in [6.45, 7) is 11.0. The van der Waals surface area contributed by atoms with Crippen LogP contribution >= 0.6 is 0 Å². The Balaban J connectivity index is 1.24. The zero-order chi connectivity index (χ0) is 26.4. The fourth-order valence-electron chi connectivity index (χ4n) is 3.90. The first-order valence-corrected chi connectivity index (χ1v) is 12.5. The Morgan fingerprint density at radius 3 is 2.30 bits per heavy atom. The summed E-state index contributed by atoms with van der Waals surface area (Å²) in [6.07, 6.45) is 4.05. The number of urea groups is 1. The van der Waals surface area contributed by atoms with E-state index >= 15 is 0 Å². The zero-order valence-corrected chi connectivity index (χ0v) is 21.7. The van der Waals surface area contributed by atoms with Gasteiger partial charge in [-0.25, -0.2) is 9.78 Å². The number of hydrogen-bond acceptors (Lipinski definition) is 7. The number of aromatic nitrogens is 2. The molecule has 0 aliphatic carbocycles. The van der Waals surface area contributed by atoms with Crippen molar-refractivity contribution in [3.05, 3.63) is 60.1 Å². The largest absolute Gasteiger partial charge is 0.490 e. The van der Waals surface area contributed by atoms with Gasteiger partial charge >= 0.3 is 6.03 Å². The molecule has 2 aromatic heterocycles. The van der Waals surface area contributed by atoms with Crippen molar-refractivity contribution in [1.29, 1.82) is 0 Å². The summed E-state index contributed by atoms with van der Waals surface area (Å²) in [7, 11) is 0. The highest BCUT2D eigenvalue weighted by Crippen LogP contribution is 2.24. The summed E-state index contributed by atoms with van der Waals surface area (Å²) < 4.78 is 11.1. The summed E-state index contributed by atoms with van der Waals surface area (Å²) in [6, 6.07) is 11.7. The number of carbonyl (C=O) groups is 2. The van der Waals surface area contributed by atoms with Gasteiger partial charge < -0.3 is 19.9 Å². The number of likely N-dealkylation sites (tertiary alicyclic amines) is 1. The zero-order valence-electron chi connectivity index (χ0n) is 21.7. The van der Waals surface area contributed by atoms with Gasteiger partial charge in [-0.1, -0.05) is 25.9 Å². The Hall–Kier alpha value is -3.92. The van der Waals surface area contributed by atoms with E-state index in [9.17, 15) is 9.59 Å². The number of nitrogens with zero attached hydrogens (tertiary/aromatic N) is 3. The second-order valence-corrected chi connectivity index (χ2v) is 10.2. The topological polar surface area (TPSA) is 122 Å². The summed E-state index contributed by atoms with van der Waals surface area (Å²) in [5.74, 6) is 1.30. The standard InChI is InChI=1S/C27H34N6O4/c1-18(33-13-5-6-14-33)17-36-21-11-12-22(28-16-21)25(34)29-19-7-9-20(10-8-19)30-26(35)31-24-15-23(37-32-24)27(2,3)4/h7-12,15-16,18H,5-6,13-14,17H2,1-4H3,(H,29,34)(H2,30,31,32,35). The third kappa shape index (κ3) is 7.29. The lowest BCUT2D eigenvalue weighted by molar-refractivity contribution is 0.102.